The number of carbonyl (C=O) groups is 3. The van der Waals surface area contributed by atoms with E-state index >= 15 is 0 Å². The van der Waals surface area contributed by atoms with E-state index in [4.69, 9.17) is 9.22 Å². The molecule has 47 heavy (non-hydrogen) atoms. The molecule has 7 heteroatoms. The van der Waals surface area contributed by atoms with Crippen molar-refractivity contribution in [2.24, 2.45) is 0 Å². The van der Waals surface area contributed by atoms with E-state index in [2.05, 4.69) is 20.8 Å². The Bertz CT molecular complexity index is 654. The van der Waals surface area contributed by atoms with Crippen LogP contribution in [0.1, 0.15) is 234 Å². The van der Waals surface area contributed by atoms with Gasteiger partial charge in [0.15, 0.2) is 0 Å². The van der Waals surface area contributed by atoms with Crippen LogP contribution in [-0.4, -0.2) is 37.5 Å². The van der Waals surface area contributed by atoms with Crippen LogP contribution in [0, 0.1) is 0 Å². The molecule has 278 valence electrons. The van der Waals surface area contributed by atoms with Gasteiger partial charge in [-0.2, -0.15) is 0 Å². The van der Waals surface area contributed by atoms with Crippen LogP contribution in [0.4, 0.5) is 0 Å². The van der Waals surface area contributed by atoms with Gasteiger partial charge in [-0.05, 0) is 0 Å². The predicted octanol–water partition coefficient (Wildman–Crippen LogP) is 13.1. The van der Waals surface area contributed by atoms with E-state index in [1.807, 2.05) is 13.8 Å². The molecular formula is C40H78O6Sn. The summed E-state index contributed by atoms with van der Waals surface area (Å²) in [5, 5.41) is 0. The summed E-state index contributed by atoms with van der Waals surface area (Å²) in [4.78, 5) is 39.4. The molecule has 0 aromatic heterocycles. The van der Waals surface area contributed by atoms with Gasteiger partial charge in [-0.25, -0.2) is 0 Å². The molecule has 0 aliphatic rings. The first-order valence-electron chi connectivity index (χ1n) is 20.5. The Labute approximate surface area is 297 Å². The zero-order chi connectivity index (χ0) is 34.9. The summed E-state index contributed by atoms with van der Waals surface area (Å²) in [6.45, 7) is 10.6. The molecule has 0 rings (SSSR count). The molecule has 0 aliphatic carbocycles. The molecule has 0 saturated heterocycles. The third kappa shape index (κ3) is 27.7. The standard InChI is InChI=1S/3C12H24O2.C4H9.Sn/c3*1-2-3-4-5-6-7-8-9-10-11-12(13)14;1-3-4-2;/h3*2-11H2,1H3,(H,13,14);3H,4H2,1-2H3;/q;;;;+3/p-3. The number of hydrogen-bond donors (Lipinski definition) is 0. The number of unbranched alkanes of at least 4 members (excludes halogenated alkanes) is 24. The predicted molar refractivity (Wildman–Crippen MR) is 199 cm³/mol. The third-order valence-corrected chi connectivity index (χ3v) is 18.4. The van der Waals surface area contributed by atoms with Crippen LogP contribution in [0.15, 0.2) is 0 Å². The van der Waals surface area contributed by atoms with Gasteiger partial charge < -0.3 is 0 Å². The van der Waals surface area contributed by atoms with Gasteiger partial charge in [-0.15, -0.1) is 0 Å². The fourth-order valence-corrected chi connectivity index (χ4v) is 13.1. The van der Waals surface area contributed by atoms with Crippen molar-refractivity contribution in [3.05, 3.63) is 0 Å². The molecule has 0 bridgehead atoms. The summed E-state index contributed by atoms with van der Waals surface area (Å²) in [6, 6.07) is 0. The zero-order valence-corrected chi connectivity index (χ0v) is 34.8. The summed E-state index contributed by atoms with van der Waals surface area (Å²) < 4.78 is 17.9. The molecule has 0 N–H and O–H groups in total. The maximum absolute atomic E-state index is 13.1. The molecule has 0 radical (unpaired) electrons. The molecule has 1 unspecified atom stereocenters. The van der Waals surface area contributed by atoms with Crippen LogP contribution in [0.5, 0.6) is 0 Å². The van der Waals surface area contributed by atoms with Gasteiger partial charge >= 0.3 is 278 Å². The van der Waals surface area contributed by atoms with Crippen molar-refractivity contribution < 1.29 is 23.6 Å². The fraction of sp³-hybridized carbons (Fsp3) is 0.925. The second-order valence-corrected chi connectivity index (χ2v) is 22.1. The van der Waals surface area contributed by atoms with Crippen molar-refractivity contribution in [1.82, 2.24) is 0 Å². The average molecular weight is 774 g/mol. The van der Waals surface area contributed by atoms with Crippen molar-refractivity contribution >= 4 is 37.5 Å². The van der Waals surface area contributed by atoms with Crippen LogP contribution in [0.25, 0.3) is 0 Å². The molecule has 0 aliphatic heterocycles. The Balaban J connectivity index is 5.02. The van der Waals surface area contributed by atoms with E-state index in [1.165, 1.54) is 116 Å². The van der Waals surface area contributed by atoms with Crippen LogP contribution in [0.2, 0.25) is 3.93 Å². The number of hydrogen-bond acceptors (Lipinski definition) is 6. The molecule has 0 aromatic rings. The zero-order valence-electron chi connectivity index (χ0n) is 31.9. The van der Waals surface area contributed by atoms with Gasteiger partial charge in [0, 0.05) is 0 Å². The third-order valence-electron chi connectivity index (χ3n) is 9.44. The maximum atomic E-state index is 13.1. The minimum absolute atomic E-state index is 0.268. The van der Waals surface area contributed by atoms with E-state index in [-0.39, 0.29) is 41.1 Å². The molecule has 0 aromatic carbocycles. The first-order valence-corrected chi connectivity index (χ1v) is 25.6. The van der Waals surface area contributed by atoms with Gasteiger partial charge in [0.1, 0.15) is 0 Å². The van der Waals surface area contributed by atoms with Crippen LogP contribution >= 0.6 is 0 Å². The van der Waals surface area contributed by atoms with Crippen molar-refractivity contribution in [1.29, 1.82) is 0 Å². The normalized spacial score (nSPS) is 12.2. The molecule has 0 spiro atoms. The Hall–Kier alpha value is -0.791. The van der Waals surface area contributed by atoms with Crippen molar-refractivity contribution in [2.45, 2.75) is 238 Å². The summed E-state index contributed by atoms with van der Waals surface area (Å²) in [5.74, 6) is -1.14. The Morgan fingerprint density at radius 2 is 0.596 bits per heavy atom. The second kappa shape index (κ2) is 33.7. The summed E-state index contributed by atoms with van der Waals surface area (Å²) in [7, 11) is 0. The van der Waals surface area contributed by atoms with E-state index < -0.39 is 19.6 Å². The van der Waals surface area contributed by atoms with Crippen LogP contribution < -0.4 is 0 Å². The molecule has 1 atom stereocenters. The van der Waals surface area contributed by atoms with E-state index in [0.29, 0.717) is 6.42 Å². The minimum atomic E-state index is -4.90. The average Bonchev–Trinajstić information content (AvgIpc) is 3.05. The summed E-state index contributed by atoms with van der Waals surface area (Å²) >= 11 is -4.90. The van der Waals surface area contributed by atoms with Crippen molar-refractivity contribution in [3.63, 3.8) is 0 Å². The second-order valence-electron chi connectivity index (χ2n) is 14.1. The first-order chi connectivity index (χ1) is 22.8. The molecule has 0 amide bonds. The Morgan fingerprint density at radius 3 is 0.809 bits per heavy atom. The Morgan fingerprint density at radius 1 is 0.383 bits per heavy atom. The SMILES string of the molecule is CCCCCCCCCCCC(=O)[O][Sn]([O]C(=O)CCCCCCCCCCC)([O]C(=O)CCCCCCCCCCC)[CH](C)CC. The first kappa shape index (κ1) is 46.2. The van der Waals surface area contributed by atoms with Gasteiger partial charge in [0.25, 0.3) is 0 Å². The molecule has 0 fully saturated rings. The number of carbonyl (C=O) groups excluding carboxylic acids is 3. The molecule has 0 heterocycles. The Kier molecular flexibility index (Phi) is 33.1. The topological polar surface area (TPSA) is 78.9 Å². The van der Waals surface area contributed by atoms with Crippen molar-refractivity contribution in [2.75, 3.05) is 0 Å². The van der Waals surface area contributed by atoms with Crippen LogP contribution in [0.3, 0.4) is 0 Å². The number of rotatable bonds is 35. The van der Waals surface area contributed by atoms with Gasteiger partial charge in [0.05, 0.1) is 0 Å². The van der Waals surface area contributed by atoms with Gasteiger partial charge in [-0.3, -0.25) is 0 Å². The molecular weight excluding hydrogens is 695 g/mol. The van der Waals surface area contributed by atoms with E-state index in [1.54, 1.807) is 0 Å². The monoisotopic (exact) mass is 774 g/mol. The van der Waals surface area contributed by atoms with Crippen LogP contribution in [-0.2, 0) is 23.6 Å². The van der Waals surface area contributed by atoms with Gasteiger partial charge in [-0.1, -0.05) is 20.8 Å². The molecule has 0 saturated carbocycles. The fourth-order valence-electron chi connectivity index (χ4n) is 5.98. The van der Waals surface area contributed by atoms with Crippen molar-refractivity contribution in [3.8, 4) is 0 Å². The summed E-state index contributed by atoms with van der Waals surface area (Å²) in [6.07, 6.45) is 32.8. The van der Waals surface area contributed by atoms with E-state index in [9.17, 15) is 14.4 Å². The summed E-state index contributed by atoms with van der Waals surface area (Å²) in [5.41, 5.74) is 0. The quantitative estimate of drug-likeness (QED) is 0.0471. The van der Waals surface area contributed by atoms with E-state index in [0.717, 1.165) is 57.8 Å². The van der Waals surface area contributed by atoms with Gasteiger partial charge in [0.2, 0.25) is 0 Å². The molecule has 6 nitrogen and oxygen atoms in total.